The zero-order chi connectivity index (χ0) is 17.0. The summed E-state index contributed by atoms with van der Waals surface area (Å²) in [5, 5.41) is 14.9. The molecule has 2 heterocycles. The molecule has 0 aliphatic rings. The largest absolute Gasteiger partial charge is 0.324 e. The number of nitro groups is 1. The zero-order valence-electron chi connectivity index (χ0n) is 11.6. The Morgan fingerprint density at radius 1 is 1.13 bits per heavy atom. The lowest BCUT2D eigenvalue weighted by molar-refractivity contribution is -0.380. The van der Waals surface area contributed by atoms with E-state index in [4.69, 9.17) is 0 Å². The minimum absolute atomic E-state index is 0.148. The van der Waals surface area contributed by atoms with E-state index in [0.717, 1.165) is 22.7 Å². The number of carbonyl (C=O) groups excluding carboxylic acids is 3. The molecule has 23 heavy (non-hydrogen) atoms. The molecule has 0 aromatic carbocycles. The summed E-state index contributed by atoms with van der Waals surface area (Å²) in [5.41, 5.74) is 4.50. The van der Waals surface area contributed by atoms with E-state index in [1.807, 2.05) is 0 Å². The molecule has 0 spiro atoms. The summed E-state index contributed by atoms with van der Waals surface area (Å²) in [4.78, 5) is 44.9. The van der Waals surface area contributed by atoms with Crippen molar-refractivity contribution >= 4 is 50.4 Å². The number of amides is 3. The van der Waals surface area contributed by atoms with Crippen molar-refractivity contribution in [3.63, 3.8) is 0 Å². The fourth-order valence-corrected chi connectivity index (χ4v) is 3.00. The lowest BCUT2D eigenvalue weighted by atomic mass is 10.3. The Kier molecular flexibility index (Phi) is 5.03. The van der Waals surface area contributed by atoms with E-state index in [1.54, 1.807) is 5.38 Å². The molecule has 3 amide bonds. The van der Waals surface area contributed by atoms with Crippen LogP contribution in [0.4, 0.5) is 10.0 Å². The van der Waals surface area contributed by atoms with Gasteiger partial charge in [0.25, 0.3) is 11.8 Å². The van der Waals surface area contributed by atoms with Gasteiger partial charge in [-0.05, 0) is 17.5 Å². The number of rotatable bonds is 4. The Morgan fingerprint density at radius 2 is 1.87 bits per heavy atom. The van der Waals surface area contributed by atoms with Crippen LogP contribution in [0.5, 0.6) is 0 Å². The molecule has 2 aromatic heterocycles. The molecule has 3 N–H and O–H groups in total. The SMILES string of the molecule is CC(=O)NNC(=O)c1ccsc1NC(=O)c1ccc([N+](=O)[O-])s1. The van der Waals surface area contributed by atoms with Crippen molar-refractivity contribution in [2.45, 2.75) is 6.92 Å². The number of thiophene rings is 2. The van der Waals surface area contributed by atoms with Gasteiger partial charge in [0.1, 0.15) is 5.00 Å². The van der Waals surface area contributed by atoms with Gasteiger partial charge in [0.05, 0.1) is 15.4 Å². The second kappa shape index (κ2) is 6.98. The van der Waals surface area contributed by atoms with Gasteiger partial charge >= 0.3 is 5.00 Å². The number of nitrogens with zero attached hydrogens (tertiary/aromatic N) is 1. The van der Waals surface area contributed by atoms with Gasteiger partial charge in [0.2, 0.25) is 5.91 Å². The first kappa shape index (κ1) is 16.6. The molecule has 0 saturated heterocycles. The first-order valence-corrected chi connectivity index (χ1v) is 7.78. The van der Waals surface area contributed by atoms with Crippen molar-refractivity contribution in [3.05, 3.63) is 44.1 Å². The molecule has 0 atom stereocenters. The van der Waals surface area contributed by atoms with Gasteiger partial charge in [0.15, 0.2) is 0 Å². The molecule has 0 aliphatic carbocycles. The van der Waals surface area contributed by atoms with Crippen LogP contribution < -0.4 is 16.2 Å². The summed E-state index contributed by atoms with van der Waals surface area (Å²) >= 11 is 1.85. The maximum Gasteiger partial charge on any atom is 0.324 e. The molecule has 0 bridgehead atoms. The minimum Gasteiger partial charge on any atom is -0.312 e. The fraction of sp³-hybridized carbons (Fsp3) is 0.0833. The van der Waals surface area contributed by atoms with Crippen molar-refractivity contribution in [2.75, 3.05) is 5.32 Å². The van der Waals surface area contributed by atoms with Gasteiger partial charge in [-0.15, -0.1) is 11.3 Å². The van der Waals surface area contributed by atoms with Crippen LogP contribution in [0.2, 0.25) is 0 Å². The molecule has 0 fully saturated rings. The molecule has 9 nitrogen and oxygen atoms in total. The highest BCUT2D eigenvalue weighted by atomic mass is 32.1. The average Bonchev–Trinajstić information content (AvgIpc) is 3.13. The normalized spacial score (nSPS) is 9.96. The standard InChI is InChI=1S/C12H10N4O5S2/c1-6(17)14-15-10(18)7-4-5-22-12(7)13-11(19)8-2-3-9(23-8)16(20)21/h2-5H,1H3,(H,13,19)(H,14,17)(H,15,18). The smallest absolute Gasteiger partial charge is 0.312 e. The first-order valence-electron chi connectivity index (χ1n) is 6.08. The average molecular weight is 354 g/mol. The number of hydrazine groups is 1. The lowest BCUT2D eigenvalue weighted by Gasteiger charge is -2.06. The Balaban J connectivity index is 2.09. The second-order valence-corrected chi connectivity index (χ2v) is 6.13. The predicted molar refractivity (Wildman–Crippen MR) is 84.5 cm³/mol. The monoisotopic (exact) mass is 354 g/mol. The van der Waals surface area contributed by atoms with Crippen molar-refractivity contribution in [2.24, 2.45) is 0 Å². The van der Waals surface area contributed by atoms with Gasteiger partial charge in [-0.2, -0.15) is 0 Å². The van der Waals surface area contributed by atoms with Crippen LogP contribution in [0.25, 0.3) is 0 Å². The molecular weight excluding hydrogens is 344 g/mol. The molecule has 0 saturated carbocycles. The van der Waals surface area contributed by atoms with Crippen molar-refractivity contribution in [3.8, 4) is 0 Å². The van der Waals surface area contributed by atoms with Crippen molar-refractivity contribution in [1.29, 1.82) is 0 Å². The quantitative estimate of drug-likeness (QED) is 0.569. The van der Waals surface area contributed by atoms with Crippen LogP contribution >= 0.6 is 22.7 Å². The van der Waals surface area contributed by atoms with Gasteiger partial charge in [0, 0.05) is 13.0 Å². The second-order valence-electron chi connectivity index (χ2n) is 4.15. The molecule has 0 unspecified atom stereocenters. The molecule has 2 aromatic rings. The van der Waals surface area contributed by atoms with E-state index < -0.39 is 22.6 Å². The fourth-order valence-electron chi connectivity index (χ4n) is 1.51. The Labute approximate surface area is 137 Å². The predicted octanol–water partition coefficient (Wildman–Crippen LogP) is 1.75. The molecular formula is C12H10N4O5S2. The molecule has 0 radical (unpaired) electrons. The zero-order valence-corrected chi connectivity index (χ0v) is 13.2. The van der Waals surface area contributed by atoms with Crippen LogP contribution in [0, 0.1) is 10.1 Å². The van der Waals surface area contributed by atoms with E-state index in [9.17, 15) is 24.5 Å². The molecule has 0 aliphatic heterocycles. The topological polar surface area (TPSA) is 130 Å². The summed E-state index contributed by atoms with van der Waals surface area (Å²) in [6, 6.07) is 4.05. The Morgan fingerprint density at radius 3 is 2.48 bits per heavy atom. The van der Waals surface area contributed by atoms with Gasteiger partial charge in [-0.25, -0.2) is 0 Å². The van der Waals surface area contributed by atoms with E-state index in [1.165, 1.54) is 25.1 Å². The van der Waals surface area contributed by atoms with Gasteiger partial charge in [-0.3, -0.25) is 35.3 Å². The number of anilines is 1. The van der Waals surface area contributed by atoms with Crippen molar-refractivity contribution in [1.82, 2.24) is 10.9 Å². The van der Waals surface area contributed by atoms with Crippen molar-refractivity contribution < 1.29 is 19.3 Å². The van der Waals surface area contributed by atoms with Crippen LogP contribution in [0.1, 0.15) is 27.0 Å². The molecule has 120 valence electrons. The highest BCUT2D eigenvalue weighted by Crippen LogP contribution is 2.27. The van der Waals surface area contributed by atoms with Crippen LogP contribution in [0.3, 0.4) is 0 Å². The van der Waals surface area contributed by atoms with Crippen LogP contribution in [-0.4, -0.2) is 22.6 Å². The maximum absolute atomic E-state index is 12.1. The lowest BCUT2D eigenvalue weighted by Crippen LogP contribution is -2.40. The van der Waals surface area contributed by atoms with Gasteiger partial charge < -0.3 is 5.32 Å². The third-order valence-electron chi connectivity index (χ3n) is 2.48. The van der Waals surface area contributed by atoms with E-state index in [0.29, 0.717) is 0 Å². The highest BCUT2D eigenvalue weighted by Gasteiger charge is 2.19. The number of hydrogen-bond donors (Lipinski definition) is 3. The van der Waals surface area contributed by atoms with Crippen LogP contribution in [-0.2, 0) is 4.79 Å². The number of hydrogen-bond acceptors (Lipinski definition) is 7. The summed E-state index contributed by atoms with van der Waals surface area (Å²) < 4.78 is 0. The Hall–Kier alpha value is -2.79. The number of nitrogens with one attached hydrogen (secondary N) is 3. The van der Waals surface area contributed by atoms with E-state index in [-0.39, 0.29) is 20.4 Å². The van der Waals surface area contributed by atoms with E-state index in [2.05, 4.69) is 16.2 Å². The highest BCUT2D eigenvalue weighted by molar-refractivity contribution is 7.17. The number of carbonyl (C=O) groups is 3. The Bertz CT molecular complexity index is 782. The summed E-state index contributed by atoms with van der Waals surface area (Å²) in [7, 11) is 0. The van der Waals surface area contributed by atoms with E-state index >= 15 is 0 Å². The third-order valence-corrected chi connectivity index (χ3v) is 4.35. The summed E-state index contributed by atoms with van der Waals surface area (Å²) in [5.74, 6) is -1.59. The third kappa shape index (κ3) is 4.11. The first-order chi connectivity index (χ1) is 10.9. The minimum atomic E-state index is -0.589. The summed E-state index contributed by atoms with van der Waals surface area (Å²) in [6.45, 7) is 1.24. The van der Waals surface area contributed by atoms with Crippen LogP contribution in [0.15, 0.2) is 23.6 Å². The molecule has 2 rings (SSSR count). The van der Waals surface area contributed by atoms with Gasteiger partial charge in [-0.1, -0.05) is 11.3 Å². The summed E-state index contributed by atoms with van der Waals surface area (Å²) in [6.07, 6.45) is 0. The maximum atomic E-state index is 12.1. The molecule has 11 heteroatoms.